The first-order chi connectivity index (χ1) is 16.6. The number of fused-ring (bicyclic) bond motifs is 1. The van der Waals surface area contributed by atoms with E-state index in [1.54, 1.807) is 17.1 Å². The van der Waals surface area contributed by atoms with Crippen LogP contribution >= 0.6 is 0 Å². The van der Waals surface area contributed by atoms with E-state index in [1.165, 1.54) is 0 Å². The van der Waals surface area contributed by atoms with Crippen LogP contribution in [0.4, 0.5) is 5.69 Å². The first kappa shape index (κ1) is 24.4. The van der Waals surface area contributed by atoms with Gasteiger partial charge in [-0.15, -0.1) is 0 Å². The number of aliphatic hydroxyl groups is 2. The third-order valence-corrected chi connectivity index (χ3v) is 6.65. The zero-order chi connectivity index (χ0) is 23.9. The molecule has 0 saturated carbocycles. The molecule has 7 nitrogen and oxygen atoms in total. The van der Waals surface area contributed by atoms with Crippen LogP contribution in [0, 0.1) is 0 Å². The van der Waals surface area contributed by atoms with E-state index >= 15 is 0 Å². The predicted molar refractivity (Wildman–Crippen MR) is 130 cm³/mol. The maximum atomic E-state index is 13.5. The quantitative estimate of drug-likeness (QED) is 0.411. The van der Waals surface area contributed by atoms with Crippen LogP contribution in [-0.2, 0) is 11.2 Å². The smallest absolute Gasteiger partial charge is 0.241 e. The molecule has 1 saturated heterocycles. The molecule has 2 unspecified atom stereocenters. The largest absolute Gasteiger partial charge is 0.494 e. The van der Waals surface area contributed by atoms with Gasteiger partial charge in [0.2, 0.25) is 5.91 Å². The van der Waals surface area contributed by atoms with Crippen molar-refractivity contribution in [2.45, 2.75) is 63.5 Å². The van der Waals surface area contributed by atoms with Gasteiger partial charge in [0, 0.05) is 18.5 Å². The van der Waals surface area contributed by atoms with Crippen LogP contribution in [0.5, 0.6) is 5.75 Å². The number of aliphatic hydroxyl groups excluding tert-OH is 2. The minimum Gasteiger partial charge on any atom is -0.494 e. The Morgan fingerprint density at radius 3 is 2.65 bits per heavy atom. The van der Waals surface area contributed by atoms with Gasteiger partial charge in [0.25, 0.3) is 0 Å². The van der Waals surface area contributed by atoms with Gasteiger partial charge in [-0.2, -0.15) is 0 Å². The number of hydrogen-bond donors (Lipinski definition) is 2. The number of amides is 1. The lowest BCUT2D eigenvalue weighted by Gasteiger charge is -2.44. The van der Waals surface area contributed by atoms with E-state index in [4.69, 9.17) is 9.84 Å². The zero-order valence-electron chi connectivity index (χ0n) is 19.6. The molecule has 0 aliphatic carbocycles. The molecule has 7 heteroatoms. The highest BCUT2D eigenvalue weighted by molar-refractivity contribution is 6.02. The normalized spacial score (nSPS) is 19.5. The Hall–Kier alpha value is -2.74. The number of carbonyl (C=O) groups excluding carboxylic acids is 2. The van der Waals surface area contributed by atoms with E-state index in [0.717, 1.165) is 49.8 Å². The molecule has 2 N–H and O–H groups in total. The van der Waals surface area contributed by atoms with E-state index in [9.17, 15) is 14.7 Å². The van der Waals surface area contributed by atoms with Crippen LogP contribution in [0.1, 0.15) is 60.9 Å². The third-order valence-electron chi connectivity index (χ3n) is 6.65. The first-order valence-corrected chi connectivity index (χ1v) is 12.3. The molecule has 2 aromatic rings. The molecular weight excluding hydrogens is 432 g/mol. The minimum absolute atomic E-state index is 0.0279. The number of rotatable bonds is 10. The van der Waals surface area contributed by atoms with Crippen LogP contribution in [0.2, 0.25) is 0 Å². The van der Waals surface area contributed by atoms with Gasteiger partial charge in [0.1, 0.15) is 5.75 Å². The molecule has 0 aromatic heterocycles. The van der Waals surface area contributed by atoms with Gasteiger partial charge in [0.15, 0.2) is 5.78 Å². The van der Waals surface area contributed by atoms with Crippen LogP contribution in [0.15, 0.2) is 48.5 Å². The molecule has 0 radical (unpaired) electrons. The molecule has 2 aromatic carbocycles. The maximum absolute atomic E-state index is 13.5. The number of anilines is 1. The van der Waals surface area contributed by atoms with E-state index in [2.05, 4.69) is 6.07 Å². The minimum atomic E-state index is -0.668. The molecule has 2 aliphatic rings. The summed E-state index contributed by atoms with van der Waals surface area (Å²) in [6, 6.07) is 14.8. The van der Waals surface area contributed by atoms with Crippen molar-refractivity contribution in [1.29, 1.82) is 0 Å². The average Bonchev–Trinajstić information content (AvgIpc) is 2.88. The summed E-state index contributed by atoms with van der Waals surface area (Å²) in [5.74, 6) is 0.772. The predicted octanol–water partition coefficient (Wildman–Crippen LogP) is 3.52. The Kier molecular flexibility index (Phi) is 8.32. The summed E-state index contributed by atoms with van der Waals surface area (Å²) < 4.78 is 5.75. The van der Waals surface area contributed by atoms with Crippen molar-refractivity contribution in [1.82, 2.24) is 5.01 Å². The summed E-state index contributed by atoms with van der Waals surface area (Å²) in [6.45, 7) is 0.980. The second kappa shape index (κ2) is 11.6. The molecule has 0 bridgehead atoms. The van der Waals surface area contributed by atoms with E-state index < -0.39 is 6.10 Å². The fourth-order valence-corrected chi connectivity index (χ4v) is 4.79. The van der Waals surface area contributed by atoms with E-state index in [1.807, 2.05) is 35.3 Å². The molecule has 4 rings (SSSR count). The molecule has 2 heterocycles. The van der Waals surface area contributed by atoms with Crippen LogP contribution in [-0.4, -0.2) is 58.8 Å². The fourth-order valence-electron chi connectivity index (χ4n) is 4.79. The lowest BCUT2D eigenvalue weighted by atomic mass is 9.94. The number of ether oxygens (including phenoxy) is 1. The highest BCUT2D eigenvalue weighted by Crippen LogP contribution is 2.33. The number of hydrazine groups is 1. The number of para-hydroxylation sites is 1. The standard InChI is InChI=1S/C27H34N2O5/c30-19-22(31)8-4-6-18-34-23-14-11-21(12-15-23)27(33)25-10-3-5-17-28(25)29-24-9-2-1-7-20(24)13-16-26(29)32/h1-2,7,9,11-12,14-15,22,25,30-31H,3-6,8,10,13,16-19H2. The van der Waals surface area contributed by atoms with Crippen molar-refractivity contribution < 1.29 is 24.5 Å². The van der Waals surface area contributed by atoms with Gasteiger partial charge < -0.3 is 14.9 Å². The van der Waals surface area contributed by atoms with Crippen molar-refractivity contribution in [3.05, 3.63) is 59.7 Å². The lowest BCUT2D eigenvalue weighted by Crippen LogP contribution is -2.57. The van der Waals surface area contributed by atoms with Gasteiger partial charge >= 0.3 is 0 Å². The van der Waals surface area contributed by atoms with Gasteiger partial charge in [0.05, 0.1) is 31.0 Å². The zero-order valence-corrected chi connectivity index (χ0v) is 19.6. The maximum Gasteiger partial charge on any atom is 0.241 e. The highest BCUT2D eigenvalue weighted by atomic mass is 16.5. The summed E-state index contributed by atoms with van der Waals surface area (Å²) in [7, 11) is 0. The molecule has 2 aliphatic heterocycles. The van der Waals surface area contributed by atoms with Gasteiger partial charge in [-0.25, -0.2) is 10.0 Å². The Morgan fingerprint density at radius 2 is 1.85 bits per heavy atom. The molecule has 34 heavy (non-hydrogen) atoms. The number of aryl methyl sites for hydroxylation is 1. The molecular formula is C27H34N2O5. The highest BCUT2D eigenvalue weighted by Gasteiger charge is 2.38. The van der Waals surface area contributed by atoms with Gasteiger partial charge in [-0.1, -0.05) is 24.6 Å². The number of hydrogen-bond acceptors (Lipinski definition) is 6. The van der Waals surface area contributed by atoms with Crippen LogP contribution in [0.3, 0.4) is 0 Å². The number of unbranched alkanes of at least 4 members (excludes halogenated alkanes) is 1. The summed E-state index contributed by atoms with van der Waals surface area (Å²) in [5.41, 5.74) is 2.66. The van der Waals surface area contributed by atoms with Gasteiger partial charge in [-0.05, 0) is 74.4 Å². The van der Waals surface area contributed by atoms with Crippen molar-refractivity contribution in [3.8, 4) is 5.75 Å². The molecule has 0 spiro atoms. The second-order valence-electron chi connectivity index (χ2n) is 9.08. The van der Waals surface area contributed by atoms with E-state index in [-0.39, 0.29) is 24.3 Å². The van der Waals surface area contributed by atoms with Crippen molar-refractivity contribution in [3.63, 3.8) is 0 Å². The summed E-state index contributed by atoms with van der Waals surface area (Å²) in [4.78, 5) is 26.4. The van der Waals surface area contributed by atoms with Crippen molar-refractivity contribution in [2.75, 3.05) is 24.8 Å². The van der Waals surface area contributed by atoms with Crippen molar-refractivity contribution >= 4 is 17.4 Å². The third kappa shape index (κ3) is 5.66. The Bertz CT molecular complexity index is 977. The number of carbonyl (C=O) groups is 2. The average molecular weight is 467 g/mol. The number of piperidine rings is 1. The topological polar surface area (TPSA) is 90.3 Å². The van der Waals surface area contributed by atoms with Gasteiger partial charge in [-0.3, -0.25) is 9.59 Å². The number of nitrogens with zero attached hydrogens (tertiary/aromatic N) is 2. The monoisotopic (exact) mass is 466 g/mol. The lowest BCUT2D eigenvalue weighted by molar-refractivity contribution is -0.122. The molecule has 1 fully saturated rings. The van der Waals surface area contributed by atoms with Crippen LogP contribution in [0.25, 0.3) is 0 Å². The molecule has 2 atom stereocenters. The van der Waals surface area contributed by atoms with Crippen molar-refractivity contribution in [2.24, 2.45) is 0 Å². The fraction of sp³-hybridized carbons (Fsp3) is 0.481. The van der Waals surface area contributed by atoms with Crippen LogP contribution < -0.4 is 9.75 Å². The Balaban J connectivity index is 1.41. The Morgan fingerprint density at radius 1 is 1.06 bits per heavy atom. The Labute approximate surface area is 200 Å². The molecule has 182 valence electrons. The number of ketones is 1. The summed E-state index contributed by atoms with van der Waals surface area (Å²) >= 11 is 0. The molecule has 1 amide bonds. The SMILES string of the molecule is O=C(c1ccc(OCCCCC(O)CO)cc1)C1CCCCN1N1C(=O)CCc2ccccc21. The summed E-state index contributed by atoms with van der Waals surface area (Å²) in [6.07, 6.45) is 5.27. The van der Waals surface area contributed by atoms with E-state index in [0.29, 0.717) is 37.3 Å². The number of Topliss-reactive ketones (excluding diaryl/α,β-unsaturated/α-hetero) is 1. The first-order valence-electron chi connectivity index (χ1n) is 12.3. The second-order valence-corrected chi connectivity index (χ2v) is 9.08. The number of benzene rings is 2. The summed E-state index contributed by atoms with van der Waals surface area (Å²) in [5, 5.41) is 22.0.